The molecule has 2 rings (SSSR count). The van der Waals surface area contributed by atoms with Gasteiger partial charge in [-0.1, -0.05) is 12.2 Å². The van der Waals surface area contributed by atoms with Crippen molar-refractivity contribution >= 4 is 29.5 Å². The Hall–Kier alpha value is -3.16. The number of hydrogen-bond acceptors (Lipinski definition) is 6. The van der Waals surface area contributed by atoms with E-state index in [9.17, 15) is 24.3 Å². The van der Waals surface area contributed by atoms with Crippen molar-refractivity contribution < 1.29 is 33.8 Å². The highest BCUT2D eigenvalue weighted by Crippen LogP contribution is 2.28. The lowest BCUT2D eigenvalue weighted by Gasteiger charge is -2.24. The number of amides is 1. The van der Waals surface area contributed by atoms with E-state index in [1.54, 1.807) is 39.8 Å². The number of rotatable bonds is 7. The molecule has 162 valence electrons. The maximum Gasteiger partial charge on any atom is 0.338 e. The zero-order valence-corrected chi connectivity index (χ0v) is 17.5. The molecule has 1 aromatic rings. The van der Waals surface area contributed by atoms with Gasteiger partial charge >= 0.3 is 17.9 Å². The van der Waals surface area contributed by atoms with Crippen LogP contribution in [0.15, 0.2) is 30.4 Å². The van der Waals surface area contributed by atoms with Gasteiger partial charge in [0.15, 0.2) is 0 Å². The van der Waals surface area contributed by atoms with Crippen molar-refractivity contribution in [3.63, 3.8) is 0 Å². The number of allylic oxidation sites excluding steroid dienone is 2. The van der Waals surface area contributed by atoms with Gasteiger partial charge in [0.05, 0.1) is 35.2 Å². The Balaban J connectivity index is 2.33. The van der Waals surface area contributed by atoms with E-state index >= 15 is 0 Å². The molecule has 30 heavy (non-hydrogen) atoms. The Morgan fingerprint density at radius 2 is 1.33 bits per heavy atom. The molecule has 0 aliphatic heterocycles. The normalized spacial score (nSPS) is 18.2. The van der Waals surface area contributed by atoms with Gasteiger partial charge in [-0.15, -0.1) is 0 Å². The highest BCUT2D eigenvalue weighted by Gasteiger charge is 2.34. The van der Waals surface area contributed by atoms with Crippen molar-refractivity contribution in [3.05, 3.63) is 41.5 Å². The van der Waals surface area contributed by atoms with E-state index in [0.717, 1.165) is 0 Å². The number of carboxylic acid groups (broad SMARTS) is 1. The topological polar surface area (TPSA) is 119 Å². The summed E-state index contributed by atoms with van der Waals surface area (Å²) in [5, 5.41) is 12.0. The van der Waals surface area contributed by atoms with Crippen LogP contribution in [0.3, 0.4) is 0 Å². The molecule has 2 N–H and O–H groups in total. The molecule has 0 saturated heterocycles. The molecule has 0 heterocycles. The Bertz CT molecular complexity index is 817. The van der Waals surface area contributed by atoms with Crippen molar-refractivity contribution in [2.45, 2.75) is 52.7 Å². The summed E-state index contributed by atoms with van der Waals surface area (Å²) in [4.78, 5) is 49.0. The first kappa shape index (κ1) is 23.1. The van der Waals surface area contributed by atoms with Crippen LogP contribution in [0.5, 0.6) is 0 Å². The van der Waals surface area contributed by atoms with Crippen LogP contribution >= 0.6 is 0 Å². The minimum absolute atomic E-state index is 0.0792. The predicted molar refractivity (Wildman–Crippen MR) is 109 cm³/mol. The minimum atomic E-state index is -1.05. The third-order valence-corrected chi connectivity index (χ3v) is 4.44. The van der Waals surface area contributed by atoms with E-state index in [4.69, 9.17) is 9.47 Å². The second kappa shape index (κ2) is 10.0. The lowest BCUT2D eigenvalue weighted by Crippen LogP contribution is -2.34. The Morgan fingerprint density at radius 3 is 1.77 bits per heavy atom. The van der Waals surface area contributed by atoms with Crippen LogP contribution in [0.2, 0.25) is 0 Å². The molecule has 1 aromatic carbocycles. The van der Waals surface area contributed by atoms with Gasteiger partial charge in [0.25, 0.3) is 0 Å². The number of nitrogens with one attached hydrogen (secondary N) is 1. The lowest BCUT2D eigenvalue weighted by atomic mass is 9.82. The standard InChI is InChI=1S/C22H27NO7/c1-12(2)29-21(27)14-9-15(22(28)30-13(3)4)11-16(10-14)23-19(24)17-7-5-6-8-18(17)20(25)26/h5-6,9-13,17-18H,7-8H2,1-4H3,(H,23,24)(H,25,26). The molecule has 1 amide bonds. The molecule has 0 fully saturated rings. The molecule has 0 radical (unpaired) electrons. The molecule has 1 aliphatic carbocycles. The largest absolute Gasteiger partial charge is 0.481 e. The number of esters is 2. The van der Waals surface area contributed by atoms with Crippen molar-refractivity contribution in [1.29, 1.82) is 0 Å². The summed E-state index contributed by atoms with van der Waals surface area (Å²) in [6.45, 7) is 6.78. The van der Waals surface area contributed by atoms with Crippen LogP contribution in [0.1, 0.15) is 61.3 Å². The van der Waals surface area contributed by atoms with Crippen LogP contribution in [0.4, 0.5) is 5.69 Å². The summed E-state index contributed by atoms with van der Waals surface area (Å²) >= 11 is 0. The molecule has 0 aromatic heterocycles. The molecular formula is C22H27NO7. The number of benzene rings is 1. The maximum absolute atomic E-state index is 12.8. The molecule has 8 heteroatoms. The highest BCUT2D eigenvalue weighted by molar-refractivity contribution is 6.00. The first-order valence-electron chi connectivity index (χ1n) is 9.84. The number of carboxylic acids is 1. The fourth-order valence-electron chi connectivity index (χ4n) is 3.11. The molecule has 1 aliphatic rings. The quantitative estimate of drug-likeness (QED) is 0.515. The highest BCUT2D eigenvalue weighted by atomic mass is 16.5. The molecule has 0 spiro atoms. The second-order valence-electron chi connectivity index (χ2n) is 7.69. The van der Waals surface area contributed by atoms with E-state index in [1.807, 2.05) is 0 Å². The molecule has 0 saturated carbocycles. The van der Waals surface area contributed by atoms with E-state index in [-0.39, 0.29) is 35.4 Å². The number of anilines is 1. The summed E-state index contributed by atoms with van der Waals surface area (Å²) in [6.07, 6.45) is 3.33. The number of ether oxygens (including phenoxy) is 2. The van der Waals surface area contributed by atoms with Crippen molar-refractivity contribution in [3.8, 4) is 0 Å². The third-order valence-electron chi connectivity index (χ3n) is 4.44. The van der Waals surface area contributed by atoms with Crippen molar-refractivity contribution in [2.24, 2.45) is 11.8 Å². The van der Waals surface area contributed by atoms with Crippen LogP contribution in [-0.4, -0.2) is 41.1 Å². The molecule has 8 nitrogen and oxygen atoms in total. The van der Waals surface area contributed by atoms with Gasteiger partial charge in [0, 0.05) is 5.69 Å². The monoisotopic (exact) mass is 417 g/mol. The van der Waals surface area contributed by atoms with Gasteiger partial charge in [-0.05, 0) is 58.7 Å². The van der Waals surface area contributed by atoms with Crippen LogP contribution in [0, 0.1) is 11.8 Å². The van der Waals surface area contributed by atoms with Crippen LogP contribution in [0.25, 0.3) is 0 Å². The maximum atomic E-state index is 12.8. The van der Waals surface area contributed by atoms with Crippen molar-refractivity contribution in [1.82, 2.24) is 0 Å². The number of hydrogen-bond donors (Lipinski definition) is 2. The zero-order chi connectivity index (χ0) is 22.4. The smallest absolute Gasteiger partial charge is 0.338 e. The first-order chi connectivity index (χ1) is 14.1. The second-order valence-corrected chi connectivity index (χ2v) is 7.69. The summed E-state index contributed by atoms with van der Waals surface area (Å²) in [5.41, 5.74) is 0.346. The predicted octanol–water partition coefficient (Wildman–Crippen LogP) is 3.42. The summed E-state index contributed by atoms with van der Waals surface area (Å²) in [7, 11) is 0. The SMILES string of the molecule is CC(C)OC(=O)c1cc(NC(=O)C2CC=CCC2C(=O)O)cc(C(=O)OC(C)C)c1. The Morgan fingerprint density at radius 1 is 0.867 bits per heavy atom. The lowest BCUT2D eigenvalue weighted by molar-refractivity contribution is -0.146. The summed E-state index contributed by atoms with van der Waals surface area (Å²) in [5.74, 6) is -4.44. The van der Waals surface area contributed by atoms with E-state index in [0.29, 0.717) is 6.42 Å². The van der Waals surface area contributed by atoms with E-state index in [2.05, 4.69) is 5.32 Å². The number of carbonyl (C=O) groups excluding carboxylic acids is 3. The van der Waals surface area contributed by atoms with Crippen molar-refractivity contribution in [2.75, 3.05) is 5.32 Å². The average Bonchev–Trinajstić information content (AvgIpc) is 2.66. The van der Waals surface area contributed by atoms with Gasteiger partial charge in [-0.3, -0.25) is 9.59 Å². The van der Waals surface area contributed by atoms with Crippen LogP contribution in [-0.2, 0) is 19.1 Å². The van der Waals surface area contributed by atoms with Gasteiger partial charge in [0.2, 0.25) is 5.91 Å². The fourth-order valence-corrected chi connectivity index (χ4v) is 3.11. The van der Waals surface area contributed by atoms with Gasteiger partial charge in [-0.25, -0.2) is 9.59 Å². The van der Waals surface area contributed by atoms with Gasteiger partial charge in [-0.2, -0.15) is 0 Å². The summed E-state index contributed by atoms with van der Waals surface area (Å²) < 4.78 is 10.4. The van der Waals surface area contributed by atoms with Crippen LogP contribution < -0.4 is 5.32 Å². The minimum Gasteiger partial charge on any atom is -0.481 e. The van der Waals surface area contributed by atoms with E-state index in [1.165, 1.54) is 18.2 Å². The molecule has 2 atom stereocenters. The Kier molecular flexibility index (Phi) is 7.74. The molecule has 2 unspecified atom stereocenters. The Labute approximate surface area is 175 Å². The number of carbonyl (C=O) groups is 4. The average molecular weight is 417 g/mol. The molecule has 0 bridgehead atoms. The number of aliphatic carboxylic acids is 1. The van der Waals surface area contributed by atoms with E-state index < -0.39 is 35.7 Å². The van der Waals surface area contributed by atoms with Gasteiger partial charge in [0.1, 0.15) is 0 Å². The zero-order valence-electron chi connectivity index (χ0n) is 17.5. The summed E-state index contributed by atoms with van der Waals surface area (Å²) in [6, 6.07) is 4.13. The van der Waals surface area contributed by atoms with Gasteiger partial charge < -0.3 is 19.9 Å². The fraction of sp³-hybridized carbons (Fsp3) is 0.455. The third kappa shape index (κ3) is 6.17. The first-order valence-corrected chi connectivity index (χ1v) is 9.84. The molecular weight excluding hydrogens is 390 g/mol.